The Balaban J connectivity index is 1.86. The first-order chi connectivity index (χ1) is 12.5. The van der Waals surface area contributed by atoms with Crippen LogP contribution in [-0.4, -0.2) is 30.6 Å². The van der Waals surface area contributed by atoms with Gasteiger partial charge in [-0.2, -0.15) is 5.10 Å². The molecular weight excluding hydrogens is 338 g/mol. The normalized spacial score (nSPS) is 10.3. The summed E-state index contributed by atoms with van der Waals surface area (Å²) >= 11 is 0. The van der Waals surface area contributed by atoms with E-state index in [1.165, 1.54) is 30.5 Å². The second kappa shape index (κ2) is 8.97. The Morgan fingerprint density at radius 1 is 1.04 bits per heavy atom. The number of hydrogen-bond acceptors (Lipinski definition) is 6. The van der Waals surface area contributed by atoms with Crippen molar-refractivity contribution in [3.05, 3.63) is 59.7 Å². The van der Waals surface area contributed by atoms with Crippen LogP contribution in [0.25, 0.3) is 0 Å². The Kier molecular flexibility index (Phi) is 6.44. The van der Waals surface area contributed by atoms with E-state index in [1.807, 2.05) is 6.92 Å². The number of aromatic carboxylic acids is 1. The van der Waals surface area contributed by atoms with E-state index in [0.29, 0.717) is 23.6 Å². The van der Waals surface area contributed by atoms with Crippen molar-refractivity contribution >= 4 is 29.7 Å². The minimum absolute atomic E-state index is 0.0286. The van der Waals surface area contributed by atoms with Crippen molar-refractivity contribution in [1.82, 2.24) is 5.43 Å². The van der Waals surface area contributed by atoms with Crippen LogP contribution in [0.15, 0.2) is 53.6 Å². The third kappa shape index (κ3) is 5.45. The van der Waals surface area contributed by atoms with Crippen LogP contribution >= 0.6 is 0 Å². The van der Waals surface area contributed by atoms with Crippen LogP contribution in [0.3, 0.4) is 0 Å². The van der Waals surface area contributed by atoms with Gasteiger partial charge in [0.15, 0.2) is 0 Å². The third-order valence-electron chi connectivity index (χ3n) is 3.16. The van der Waals surface area contributed by atoms with Crippen molar-refractivity contribution in [2.24, 2.45) is 5.10 Å². The Bertz CT molecular complexity index is 814. The fourth-order valence-electron chi connectivity index (χ4n) is 1.91. The molecule has 2 N–H and O–H groups in total. The standard InChI is InChI=1S/C18H17N3O5/c1-2-26-15-9-7-14(8-10-15)20-16(22)17(23)21-19-11-12-3-5-13(6-4-12)18(24)25/h3-11H,2H2,1H3,(H,20,22)(H,21,23)(H,24,25)/p-1/b19-11-. The predicted molar refractivity (Wildman–Crippen MR) is 92.7 cm³/mol. The Morgan fingerprint density at radius 2 is 1.69 bits per heavy atom. The second-order valence-electron chi connectivity index (χ2n) is 5.02. The monoisotopic (exact) mass is 354 g/mol. The van der Waals surface area contributed by atoms with Crippen molar-refractivity contribution in [3.63, 3.8) is 0 Å². The van der Waals surface area contributed by atoms with Gasteiger partial charge in [0.2, 0.25) is 0 Å². The number of carbonyl (C=O) groups is 3. The summed E-state index contributed by atoms with van der Waals surface area (Å²) in [4.78, 5) is 34.1. The summed E-state index contributed by atoms with van der Waals surface area (Å²) in [5, 5.41) is 16.7. The number of amides is 2. The first-order valence-electron chi connectivity index (χ1n) is 7.68. The summed E-state index contributed by atoms with van der Waals surface area (Å²) in [6.07, 6.45) is 1.28. The molecule has 0 spiro atoms. The Hall–Kier alpha value is -3.68. The number of rotatable bonds is 6. The number of benzene rings is 2. The summed E-state index contributed by atoms with van der Waals surface area (Å²) in [5.74, 6) is -2.45. The van der Waals surface area contributed by atoms with Crippen molar-refractivity contribution in [3.8, 4) is 5.75 Å². The molecule has 0 heterocycles. The summed E-state index contributed by atoms with van der Waals surface area (Å²) in [7, 11) is 0. The molecular formula is C18H16N3O5-. The van der Waals surface area contributed by atoms with Gasteiger partial charge in [0.25, 0.3) is 0 Å². The van der Waals surface area contributed by atoms with E-state index in [2.05, 4.69) is 15.8 Å². The van der Waals surface area contributed by atoms with E-state index in [0.717, 1.165) is 0 Å². The highest BCUT2D eigenvalue weighted by Crippen LogP contribution is 2.15. The Labute approximate surface area is 149 Å². The first-order valence-corrected chi connectivity index (χ1v) is 7.68. The molecule has 0 aliphatic heterocycles. The summed E-state index contributed by atoms with van der Waals surface area (Å²) < 4.78 is 5.28. The van der Waals surface area contributed by atoms with Gasteiger partial charge in [-0.1, -0.05) is 24.3 Å². The lowest BCUT2D eigenvalue weighted by molar-refractivity contribution is -0.255. The van der Waals surface area contributed by atoms with Crippen LogP contribution in [0.2, 0.25) is 0 Å². The molecule has 2 rings (SSSR count). The topological polar surface area (TPSA) is 120 Å². The molecule has 0 aromatic heterocycles. The molecule has 0 aliphatic rings. The van der Waals surface area contributed by atoms with E-state index >= 15 is 0 Å². The Morgan fingerprint density at radius 3 is 2.27 bits per heavy atom. The zero-order valence-electron chi connectivity index (χ0n) is 13.9. The average Bonchev–Trinajstić information content (AvgIpc) is 2.64. The average molecular weight is 354 g/mol. The van der Waals surface area contributed by atoms with Crippen molar-refractivity contribution in [1.29, 1.82) is 0 Å². The molecule has 0 unspecified atom stereocenters. The number of carboxylic acids is 1. The minimum Gasteiger partial charge on any atom is -0.545 e. The van der Waals surface area contributed by atoms with Gasteiger partial charge in [0, 0.05) is 5.69 Å². The number of ether oxygens (including phenoxy) is 1. The molecule has 26 heavy (non-hydrogen) atoms. The van der Waals surface area contributed by atoms with E-state index < -0.39 is 17.8 Å². The molecule has 0 fully saturated rings. The van der Waals surface area contributed by atoms with Crippen LogP contribution in [-0.2, 0) is 9.59 Å². The second-order valence-corrected chi connectivity index (χ2v) is 5.02. The largest absolute Gasteiger partial charge is 0.545 e. The molecule has 0 radical (unpaired) electrons. The molecule has 0 saturated heterocycles. The summed E-state index contributed by atoms with van der Waals surface area (Å²) in [6.45, 7) is 2.39. The van der Waals surface area contributed by atoms with Gasteiger partial charge in [0.1, 0.15) is 5.75 Å². The van der Waals surface area contributed by atoms with Crippen LogP contribution in [0.5, 0.6) is 5.75 Å². The molecule has 0 aliphatic carbocycles. The van der Waals surface area contributed by atoms with Gasteiger partial charge in [-0.25, -0.2) is 5.43 Å². The molecule has 134 valence electrons. The summed E-state index contributed by atoms with van der Waals surface area (Å²) in [6, 6.07) is 12.2. The van der Waals surface area contributed by atoms with E-state index in [-0.39, 0.29) is 5.56 Å². The fourth-order valence-corrected chi connectivity index (χ4v) is 1.91. The van der Waals surface area contributed by atoms with Gasteiger partial charge in [-0.15, -0.1) is 0 Å². The van der Waals surface area contributed by atoms with Gasteiger partial charge >= 0.3 is 11.8 Å². The highest BCUT2D eigenvalue weighted by atomic mass is 16.5. The van der Waals surface area contributed by atoms with Crippen LogP contribution in [0, 0.1) is 0 Å². The first kappa shape index (κ1) is 18.7. The molecule has 2 aromatic rings. The van der Waals surface area contributed by atoms with Crippen LogP contribution in [0.4, 0.5) is 5.69 Å². The van der Waals surface area contributed by atoms with Crippen molar-refractivity contribution < 1.29 is 24.2 Å². The lowest BCUT2D eigenvalue weighted by Crippen LogP contribution is -2.32. The van der Waals surface area contributed by atoms with Crippen molar-refractivity contribution in [2.45, 2.75) is 6.92 Å². The predicted octanol–water partition coefficient (Wildman–Crippen LogP) is 0.538. The molecule has 8 heteroatoms. The van der Waals surface area contributed by atoms with Crippen LogP contribution < -0.4 is 20.6 Å². The maximum atomic E-state index is 11.8. The molecule has 2 aromatic carbocycles. The molecule has 0 atom stereocenters. The zero-order chi connectivity index (χ0) is 18.9. The zero-order valence-corrected chi connectivity index (χ0v) is 13.9. The highest BCUT2D eigenvalue weighted by Gasteiger charge is 2.12. The lowest BCUT2D eigenvalue weighted by atomic mass is 10.1. The van der Waals surface area contributed by atoms with Gasteiger partial charge in [-0.05, 0) is 42.3 Å². The quantitative estimate of drug-likeness (QED) is 0.446. The number of hydrogen-bond donors (Lipinski definition) is 2. The number of carboxylic acid groups (broad SMARTS) is 1. The SMILES string of the molecule is CCOc1ccc(NC(=O)C(=O)N/N=C\c2ccc(C(=O)[O-])cc2)cc1. The number of nitrogens with one attached hydrogen (secondary N) is 2. The minimum atomic E-state index is -1.28. The van der Waals surface area contributed by atoms with E-state index in [4.69, 9.17) is 4.74 Å². The molecule has 2 amide bonds. The van der Waals surface area contributed by atoms with Crippen molar-refractivity contribution in [2.75, 3.05) is 11.9 Å². The smallest absolute Gasteiger partial charge is 0.329 e. The number of nitrogens with zero attached hydrogens (tertiary/aromatic N) is 1. The van der Waals surface area contributed by atoms with Gasteiger partial charge < -0.3 is 20.0 Å². The third-order valence-corrected chi connectivity index (χ3v) is 3.16. The van der Waals surface area contributed by atoms with E-state index in [9.17, 15) is 19.5 Å². The number of carbonyl (C=O) groups excluding carboxylic acids is 3. The van der Waals surface area contributed by atoms with Crippen LogP contribution in [0.1, 0.15) is 22.8 Å². The van der Waals surface area contributed by atoms with Gasteiger partial charge in [0.05, 0.1) is 18.8 Å². The van der Waals surface area contributed by atoms with E-state index in [1.54, 1.807) is 24.3 Å². The number of hydrazone groups is 1. The molecule has 0 bridgehead atoms. The molecule has 8 nitrogen and oxygen atoms in total. The number of anilines is 1. The fraction of sp³-hybridized carbons (Fsp3) is 0.111. The summed E-state index contributed by atoms with van der Waals surface area (Å²) in [5.41, 5.74) is 3.10. The highest BCUT2D eigenvalue weighted by molar-refractivity contribution is 6.39. The maximum absolute atomic E-state index is 11.8. The lowest BCUT2D eigenvalue weighted by Gasteiger charge is -2.06. The maximum Gasteiger partial charge on any atom is 0.329 e. The van der Waals surface area contributed by atoms with Gasteiger partial charge in [-0.3, -0.25) is 9.59 Å². The molecule has 0 saturated carbocycles.